The van der Waals surface area contributed by atoms with E-state index in [0.717, 1.165) is 5.82 Å². The fourth-order valence-corrected chi connectivity index (χ4v) is 1.47. The SMILES string of the molecule is CCOCCOC(C)C(=O)Nc1ccc(N(C)C)nc1. The van der Waals surface area contributed by atoms with Gasteiger partial charge in [0.25, 0.3) is 5.91 Å². The zero-order valence-electron chi connectivity index (χ0n) is 12.5. The first kappa shape index (κ1) is 16.4. The molecule has 1 amide bonds. The molecule has 0 bridgehead atoms. The van der Waals surface area contributed by atoms with Crippen LogP contribution < -0.4 is 10.2 Å². The fraction of sp³-hybridized carbons (Fsp3) is 0.571. The molecule has 1 heterocycles. The summed E-state index contributed by atoms with van der Waals surface area (Å²) in [6, 6.07) is 3.66. The molecule has 0 radical (unpaired) electrons. The third kappa shape index (κ3) is 5.54. The predicted molar refractivity (Wildman–Crippen MR) is 79.1 cm³/mol. The highest BCUT2D eigenvalue weighted by molar-refractivity contribution is 5.93. The first-order valence-electron chi connectivity index (χ1n) is 6.68. The fourth-order valence-electron chi connectivity index (χ4n) is 1.47. The lowest BCUT2D eigenvalue weighted by molar-refractivity contribution is -0.127. The van der Waals surface area contributed by atoms with Crippen molar-refractivity contribution in [3.8, 4) is 0 Å². The smallest absolute Gasteiger partial charge is 0.253 e. The van der Waals surface area contributed by atoms with Crippen LogP contribution in [0.3, 0.4) is 0 Å². The van der Waals surface area contributed by atoms with E-state index in [1.54, 1.807) is 13.1 Å². The monoisotopic (exact) mass is 281 g/mol. The number of pyridine rings is 1. The van der Waals surface area contributed by atoms with Crippen LogP contribution >= 0.6 is 0 Å². The minimum absolute atomic E-state index is 0.194. The average molecular weight is 281 g/mol. The number of nitrogens with zero attached hydrogens (tertiary/aromatic N) is 2. The van der Waals surface area contributed by atoms with Gasteiger partial charge in [0.15, 0.2) is 0 Å². The zero-order valence-corrected chi connectivity index (χ0v) is 12.5. The molecule has 0 saturated carbocycles. The molecule has 6 heteroatoms. The standard InChI is InChI=1S/C14H23N3O3/c1-5-19-8-9-20-11(2)14(18)16-12-6-7-13(15-10-12)17(3)4/h6-7,10-11H,5,8-9H2,1-4H3,(H,16,18). The second-order valence-corrected chi connectivity index (χ2v) is 4.50. The van der Waals surface area contributed by atoms with E-state index >= 15 is 0 Å². The molecule has 0 saturated heterocycles. The Morgan fingerprint density at radius 2 is 2.15 bits per heavy atom. The van der Waals surface area contributed by atoms with Crippen LogP contribution in [0.15, 0.2) is 18.3 Å². The van der Waals surface area contributed by atoms with Gasteiger partial charge in [-0.15, -0.1) is 0 Å². The third-order valence-electron chi connectivity index (χ3n) is 2.64. The molecule has 1 aromatic rings. The molecule has 0 aliphatic rings. The Kier molecular flexibility index (Phi) is 6.97. The van der Waals surface area contributed by atoms with E-state index in [1.165, 1.54) is 0 Å². The van der Waals surface area contributed by atoms with Crippen molar-refractivity contribution >= 4 is 17.4 Å². The lowest BCUT2D eigenvalue weighted by Gasteiger charge is -2.14. The summed E-state index contributed by atoms with van der Waals surface area (Å²) in [5.41, 5.74) is 0.654. The van der Waals surface area contributed by atoms with E-state index in [9.17, 15) is 4.79 Å². The molecule has 1 atom stereocenters. The second kappa shape index (κ2) is 8.50. The summed E-state index contributed by atoms with van der Waals surface area (Å²) >= 11 is 0. The van der Waals surface area contributed by atoms with E-state index in [1.807, 2.05) is 38.1 Å². The molecule has 0 aromatic carbocycles. The first-order valence-corrected chi connectivity index (χ1v) is 6.68. The molecule has 1 N–H and O–H groups in total. The highest BCUT2D eigenvalue weighted by Gasteiger charge is 2.13. The van der Waals surface area contributed by atoms with Gasteiger partial charge >= 0.3 is 0 Å². The topological polar surface area (TPSA) is 63.7 Å². The normalized spacial score (nSPS) is 12.0. The second-order valence-electron chi connectivity index (χ2n) is 4.50. The van der Waals surface area contributed by atoms with Gasteiger partial charge in [0.05, 0.1) is 25.1 Å². The van der Waals surface area contributed by atoms with Gasteiger partial charge in [-0.05, 0) is 26.0 Å². The quantitative estimate of drug-likeness (QED) is 0.732. The van der Waals surface area contributed by atoms with Gasteiger partial charge in [-0.25, -0.2) is 4.98 Å². The van der Waals surface area contributed by atoms with Crippen LogP contribution in [0.25, 0.3) is 0 Å². The van der Waals surface area contributed by atoms with Crippen molar-refractivity contribution in [2.45, 2.75) is 20.0 Å². The summed E-state index contributed by atoms with van der Waals surface area (Å²) in [6.07, 6.45) is 1.10. The Hall–Kier alpha value is -1.66. The van der Waals surface area contributed by atoms with Gasteiger partial charge in [0.2, 0.25) is 0 Å². The molecule has 20 heavy (non-hydrogen) atoms. The van der Waals surface area contributed by atoms with E-state index < -0.39 is 6.10 Å². The van der Waals surface area contributed by atoms with Crippen LogP contribution in [0.1, 0.15) is 13.8 Å². The van der Waals surface area contributed by atoms with Gasteiger partial charge in [-0.3, -0.25) is 4.79 Å². The first-order chi connectivity index (χ1) is 9.54. The number of nitrogens with one attached hydrogen (secondary N) is 1. The number of ether oxygens (including phenoxy) is 2. The number of carbonyl (C=O) groups excluding carboxylic acids is 1. The van der Waals surface area contributed by atoms with Crippen molar-refractivity contribution in [3.05, 3.63) is 18.3 Å². The highest BCUT2D eigenvalue weighted by atomic mass is 16.5. The van der Waals surface area contributed by atoms with Crippen LogP contribution in [0.4, 0.5) is 11.5 Å². The van der Waals surface area contributed by atoms with Crippen LogP contribution in [-0.2, 0) is 14.3 Å². The lowest BCUT2D eigenvalue weighted by atomic mass is 10.3. The number of amides is 1. The predicted octanol–water partition coefficient (Wildman–Crippen LogP) is 1.53. The molecule has 112 valence electrons. The zero-order chi connectivity index (χ0) is 15.0. The van der Waals surface area contributed by atoms with Crippen molar-refractivity contribution < 1.29 is 14.3 Å². The van der Waals surface area contributed by atoms with Gasteiger partial charge in [-0.1, -0.05) is 0 Å². The van der Waals surface area contributed by atoms with Crippen LogP contribution in [0.5, 0.6) is 0 Å². The molecular formula is C14H23N3O3. The number of rotatable bonds is 8. The Balaban J connectivity index is 2.40. The van der Waals surface area contributed by atoms with E-state index in [-0.39, 0.29) is 5.91 Å². The number of carbonyl (C=O) groups is 1. The average Bonchev–Trinajstić information content (AvgIpc) is 2.44. The molecule has 6 nitrogen and oxygen atoms in total. The Morgan fingerprint density at radius 3 is 2.70 bits per heavy atom. The van der Waals surface area contributed by atoms with Crippen molar-refractivity contribution in [3.63, 3.8) is 0 Å². The van der Waals surface area contributed by atoms with Crippen molar-refractivity contribution in [2.24, 2.45) is 0 Å². The van der Waals surface area contributed by atoms with Gasteiger partial charge in [0, 0.05) is 20.7 Å². The molecule has 0 aliphatic carbocycles. The van der Waals surface area contributed by atoms with Crippen LogP contribution in [0.2, 0.25) is 0 Å². The van der Waals surface area contributed by atoms with Crippen LogP contribution in [-0.4, -0.2) is 50.9 Å². The minimum atomic E-state index is -0.524. The maximum atomic E-state index is 11.9. The minimum Gasteiger partial charge on any atom is -0.379 e. The summed E-state index contributed by atoms with van der Waals surface area (Å²) in [4.78, 5) is 18.0. The molecule has 1 unspecified atom stereocenters. The van der Waals surface area contributed by atoms with Crippen molar-refractivity contribution in [1.29, 1.82) is 0 Å². The molecule has 0 aliphatic heterocycles. The number of anilines is 2. The number of hydrogen-bond acceptors (Lipinski definition) is 5. The Bertz CT molecular complexity index is 407. The summed E-state index contributed by atoms with van der Waals surface area (Å²) in [5, 5.41) is 2.76. The van der Waals surface area contributed by atoms with E-state index in [4.69, 9.17) is 9.47 Å². The summed E-state index contributed by atoms with van der Waals surface area (Å²) in [6.45, 7) is 5.17. The summed E-state index contributed by atoms with van der Waals surface area (Å²) in [7, 11) is 3.82. The largest absolute Gasteiger partial charge is 0.379 e. The maximum absolute atomic E-state index is 11.9. The maximum Gasteiger partial charge on any atom is 0.253 e. The molecular weight excluding hydrogens is 258 g/mol. The summed E-state index contributed by atoms with van der Waals surface area (Å²) < 4.78 is 10.5. The van der Waals surface area contributed by atoms with E-state index in [2.05, 4.69) is 10.3 Å². The Morgan fingerprint density at radius 1 is 1.40 bits per heavy atom. The molecule has 0 fully saturated rings. The molecule has 0 spiro atoms. The van der Waals surface area contributed by atoms with Crippen molar-refractivity contribution in [2.75, 3.05) is 44.1 Å². The van der Waals surface area contributed by atoms with E-state index in [0.29, 0.717) is 25.5 Å². The van der Waals surface area contributed by atoms with Crippen molar-refractivity contribution in [1.82, 2.24) is 4.98 Å². The lowest BCUT2D eigenvalue weighted by Crippen LogP contribution is -2.29. The summed E-state index contributed by atoms with van der Waals surface area (Å²) in [5.74, 6) is 0.643. The van der Waals surface area contributed by atoms with Gasteiger partial charge < -0.3 is 19.7 Å². The van der Waals surface area contributed by atoms with Gasteiger partial charge in [0.1, 0.15) is 11.9 Å². The third-order valence-corrected chi connectivity index (χ3v) is 2.64. The molecule has 1 rings (SSSR count). The number of aromatic nitrogens is 1. The van der Waals surface area contributed by atoms with Crippen LogP contribution in [0, 0.1) is 0 Å². The molecule has 1 aromatic heterocycles. The van der Waals surface area contributed by atoms with Gasteiger partial charge in [-0.2, -0.15) is 0 Å². The number of hydrogen-bond donors (Lipinski definition) is 1. The highest BCUT2D eigenvalue weighted by Crippen LogP contribution is 2.12. The Labute approximate surface area is 120 Å².